The summed E-state index contributed by atoms with van der Waals surface area (Å²) in [6, 6.07) is 0. The Morgan fingerprint density at radius 3 is 0.831 bits per heavy atom. The molecule has 0 aliphatic heterocycles. The van der Waals surface area contributed by atoms with Crippen LogP contribution in [0, 0.1) is 55.5 Å². The van der Waals surface area contributed by atoms with Crippen molar-refractivity contribution in [1.29, 1.82) is 0 Å². The van der Waals surface area contributed by atoms with E-state index in [1.807, 2.05) is 0 Å². The molecule has 0 aromatic rings. The van der Waals surface area contributed by atoms with Crippen LogP contribution in [0.4, 0.5) is 0 Å². The second-order valence-electron chi connectivity index (χ2n) is 17.3. The molecule has 0 aliphatic carbocycles. The number of aliphatic hydroxyl groups is 2. The fourth-order valence-corrected chi connectivity index (χ4v) is 1.71. The first-order valence-corrected chi connectivity index (χ1v) is 18.1. The van der Waals surface area contributed by atoms with Crippen molar-refractivity contribution in [2.24, 2.45) is 15.9 Å². The van der Waals surface area contributed by atoms with Crippen molar-refractivity contribution in [3.63, 3.8) is 0 Å². The van der Waals surface area contributed by atoms with Crippen LogP contribution in [0.1, 0.15) is 152 Å². The maximum absolute atomic E-state index is 10.7. The van der Waals surface area contributed by atoms with Gasteiger partial charge in [-0.2, -0.15) is 20.5 Å². The zero-order valence-electron chi connectivity index (χ0n) is 41.2. The molecule has 0 bridgehead atoms. The number of nitro groups is 4. The highest BCUT2D eigenvalue weighted by Gasteiger charge is 2.52. The summed E-state index contributed by atoms with van der Waals surface area (Å²) in [5.74, 6) is -1.43. The minimum Gasteiger partial charge on any atom is -0.452 e. The molecule has 0 heterocycles. The molecule has 0 unspecified atom stereocenters. The normalized spacial score (nSPS) is 11.2. The SMILES string of the molecule is CC(=O)OC(C)(C)C(C)(C)[N+](=O)[O-].CC(=O)O[N+](=O)[O-].CC(C)(O)C(C)(C)[N+](=O)[O-].CC(C)(O)C(C)(C)[N+](=O)[O-].CC(C)(ON=O)C(C)(C)[N+](=O)[O-].CC(C)=C(C)C.O.OO/N=N/OO. The zero-order chi connectivity index (χ0) is 53.9. The van der Waals surface area contributed by atoms with E-state index in [1.54, 1.807) is 0 Å². The Bertz CT molecular complexity index is 1490. The summed E-state index contributed by atoms with van der Waals surface area (Å²) in [6.45, 7) is 33.5. The summed E-state index contributed by atoms with van der Waals surface area (Å²) in [7, 11) is 0. The minimum atomic E-state index is -1.35. The van der Waals surface area contributed by atoms with Gasteiger partial charge in [0, 0.05) is 88.9 Å². The molecule has 65 heavy (non-hydrogen) atoms. The molecule has 0 aliphatic rings. The monoisotopic (exact) mass is 960 g/mol. The predicted molar refractivity (Wildman–Crippen MR) is 228 cm³/mol. The topological polar surface area (TPSA) is 463 Å². The second-order valence-corrected chi connectivity index (χ2v) is 17.3. The summed E-state index contributed by atoms with van der Waals surface area (Å²) >= 11 is 0. The molecule has 386 valence electrons. The summed E-state index contributed by atoms with van der Waals surface area (Å²) in [5.41, 5.74) is -7.24. The van der Waals surface area contributed by atoms with Crippen LogP contribution < -0.4 is 0 Å². The van der Waals surface area contributed by atoms with E-state index in [2.05, 4.69) is 63.2 Å². The maximum Gasteiger partial charge on any atom is 0.303 e. The van der Waals surface area contributed by atoms with Gasteiger partial charge < -0.3 is 25.3 Å². The third kappa shape index (κ3) is 33.3. The molecular formula is C34H72N8O23. The van der Waals surface area contributed by atoms with Crippen LogP contribution >= 0.6 is 0 Å². The Morgan fingerprint density at radius 1 is 0.477 bits per heavy atom. The molecule has 0 aromatic carbocycles. The summed E-state index contributed by atoms with van der Waals surface area (Å²) in [6.07, 6.45) is 0. The van der Waals surface area contributed by atoms with E-state index in [4.69, 9.17) is 15.3 Å². The van der Waals surface area contributed by atoms with Gasteiger partial charge >= 0.3 is 17.0 Å². The van der Waals surface area contributed by atoms with Crippen molar-refractivity contribution in [2.45, 2.75) is 197 Å². The van der Waals surface area contributed by atoms with Crippen LogP contribution in [-0.2, 0) is 34.0 Å². The number of ether oxygens (including phenoxy) is 1. The van der Waals surface area contributed by atoms with Crippen LogP contribution in [0.2, 0.25) is 0 Å². The summed E-state index contributed by atoms with van der Waals surface area (Å²) < 4.78 is 4.88. The molecule has 0 fully saturated rings. The number of hydrogen-bond acceptors (Lipinski definition) is 25. The van der Waals surface area contributed by atoms with Crippen LogP contribution in [-0.4, -0.2) is 107 Å². The Morgan fingerprint density at radius 2 is 0.723 bits per heavy atom. The fourth-order valence-electron chi connectivity index (χ4n) is 1.71. The van der Waals surface area contributed by atoms with Crippen molar-refractivity contribution in [1.82, 2.24) is 0 Å². The van der Waals surface area contributed by atoms with Gasteiger partial charge in [0.15, 0.2) is 10.9 Å². The van der Waals surface area contributed by atoms with E-state index in [0.29, 0.717) is 0 Å². The van der Waals surface area contributed by atoms with Crippen molar-refractivity contribution in [3.05, 3.63) is 66.6 Å². The van der Waals surface area contributed by atoms with Gasteiger partial charge in [0.25, 0.3) is 11.1 Å². The van der Waals surface area contributed by atoms with E-state index in [-0.39, 0.29) is 5.48 Å². The molecule has 0 aromatic heterocycles. The number of allylic oxidation sites excluding steroid dienone is 2. The quantitative estimate of drug-likeness (QED) is 0.0292. The molecule has 31 heteroatoms. The van der Waals surface area contributed by atoms with Crippen LogP contribution in [0.15, 0.2) is 27.0 Å². The molecular weight excluding hydrogens is 888 g/mol. The van der Waals surface area contributed by atoms with Gasteiger partial charge in [-0.3, -0.25) is 50.0 Å². The van der Waals surface area contributed by atoms with E-state index in [9.17, 15) is 75.3 Å². The van der Waals surface area contributed by atoms with Crippen molar-refractivity contribution in [3.8, 4) is 0 Å². The van der Waals surface area contributed by atoms with Gasteiger partial charge in [-0.1, -0.05) is 11.1 Å². The van der Waals surface area contributed by atoms with Gasteiger partial charge in [-0.15, -0.1) is 15.0 Å². The Kier molecular flexibility index (Phi) is 37.4. The lowest BCUT2D eigenvalue weighted by molar-refractivity contribution is -0.729. The molecule has 0 amide bonds. The van der Waals surface area contributed by atoms with Gasteiger partial charge in [0.2, 0.25) is 16.7 Å². The Labute approximate surface area is 376 Å². The van der Waals surface area contributed by atoms with Crippen LogP contribution in [0.25, 0.3) is 0 Å². The molecule has 0 spiro atoms. The Hall–Kier alpha value is -5.92. The first-order chi connectivity index (χ1) is 27.9. The van der Waals surface area contributed by atoms with E-state index in [1.165, 1.54) is 129 Å². The first kappa shape index (κ1) is 76.4. The molecule has 6 N–H and O–H groups in total. The summed E-state index contributed by atoms with van der Waals surface area (Å²) in [5, 5.41) is 89.7. The van der Waals surface area contributed by atoms with Crippen molar-refractivity contribution < 1.29 is 85.0 Å². The number of rotatable bonds is 14. The molecule has 0 saturated carbocycles. The highest BCUT2D eigenvalue weighted by atomic mass is 17.2. The highest BCUT2D eigenvalue weighted by Crippen LogP contribution is 2.29. The van der Waals surface area contributed by atoms with Gasteiger partial charge in [-0.05, 0) is 83.1 Å². The zero-order valence-corrected chi connectivity index (χ0v) is 41.2. The predicted octanol–water partition coefficient (Wildman–Crippen LogP) is 6.05. The maximum atomic E-state index is 10.7. The lowest BCUT2D eigenvalue weighted by atomic mass is 9.86. The highest BCUT2D eigenvalue weighted by molar-refractivity contribution is 5.66. The molecule has 0 radical (unpaired) electrons. The fraction of sp³-hybridized carbons (Fsp3) is 0.882. The Balaban J connectivity index is -0.0000000987. The largest absolute Gasteiger partial charge is 0.452 e. The second kappa shape index (κ2) is 31.9. The number of hydrogen-bond donors (Lipinski definition) is 4. The summed E-state index contributed by atoms with van der Waals surface area (Å²) in [4.78, 5) is 92.8. The standard InChI is InChI=1S/C8H15NO4.C6H12N2O4.2C6H13NO3.C6H12.C2H3NO4.H2N2O4.H2O/c1-6(10)13-8(4,5)7(2,3)9(11)12;1-5(2,8(10)11)6(3,4)12-7-9;2*1-5(2,7(9)10)6(3,4)8;1-5(2)6(3)4;1-2(4)7-3(5)6;3-5-1-2-6-4;/h1-5H3;1-4H3;2*8H,1-4H3;1-4H3;1H3;3-4H;1H2/b;;;;;;2-1+;. The van der Waals surface area contributed by atoms with Gasteiger partial charge in [0.05, 0.1) is 0 Å². The third-order valence-electron chi connectivity index (χ3n) is 9.74. The first-order valence-electron chi connectivity index (χ1n) is 18.1. The number of carbonyl (C=O) groups is 2. The minimum absolute atomic E-state index is 0. The van der Waals surface area contributed by atoms with Crippen LogP contribution in [0.3, 0.4) is 0 Å². The average Bonchev–Trinajstić information content (AvgIpc) is 3.06. The van der Waals surface area contributed by atoms with Gasteiger partial charge in [-0.25, -0.2) is 4.84 Å². The lowest BCUT2D eigenvalue weighted by Gasteiger charge is -2.32. The average molecular weight is 961 g/mol. The van der Waals surface area contributed by atoms with E-state index < -0.39 is 81.3 Å². The third-order valence-corrected chi connectivity index (χ3v) is 9.74. The van der Waals surface area contributed by atoms with Crippen LogP contribution in [0.5, 0.6) is 0 Å². The van der Waals surface area contributed by atoms with Gasteiger partial charge in [0.1, 0.15) is 21.8 Å². The molecule has 31 nitrogen and oxygen atoms in total. The van der Waals surface area contributed by atoms with Crippen molar-refractivity contribution in [2.75, 3.05) is 0 Å². The van der Waals surface area contributed by atoms with E-state index >= 15 is 0 Å². The molecule has 0 saturated heterocycles. The number of nitrogens with zero attached hydrogens (tertiary/aromatic N) is 8. The molecule has 0 atom stereocenters. The van der Waals surface area contributed by atoms with Crippen molar-refractivity contribution >= 4 is 11.9 Å². The molecule has 0 rings (SSSR count). The lowest BCUT2D eigenvalue weighted by Crippen LogP contribution is -2.53. The van der Waals surface area contributed by atoms with E-state index in [0.717, 1.165) is 6.92 Å². The smallest absolute Gasteiger partial charge is 0.303 e. The number of esters is 1. The number of carbonyl (C=O) groups excluding carboxylic acids is 2.